The highest BCUT2D eigenvalue weighted by molar-refractivity contribution is 5.89. The number of anilines is 1. The Kier molecular flexibility index (Phi) is 2.11. The number of hydrogen-bond donors (Lipinski definition) is 0. The van der Waals surface area contributed by atoms with E-state index in [2.05, 4.69) is 6.92 Å². The van der Waals surface area contributed by atoms with Gasteiger partial charge < -0.3 is 4.74 Å². The van der Waals surface area contributed by atoms with Gasteiger partial charge in [-0.1, -0.05) is 6.07 Å². The van der Waals surface area contributed by atoms with Crippen molar-refractivity contribution in [1.29, 1.82) is 0 Å². The van der Waals surface area contributed by atoms with Crippen LogP contribution in [0.4, 0.5) is 14.9 Å². The molecule has 4 heteroatoms. The number of cyclic esters (lactones) is 1. The van der Waals surface area contributed by atoms with Crippen molar-refractivity contribution in [2.24, 2.45) is 0 Å². The summed E-state index contributed by atoms with van der Waals surface area (Å²) >= 11 is 0. The fraction of sp³-hybridized carbons (Fsp3) is 0.200. The molecule has 1 aliphatic rings. The minimum atomic E-state index is -0.476. The van der Waals surface area contributed by atoms with E-state index in [0.29, 0.717) is 12.2 Å². The summed E-state index contributed by atoms with van der Waals surface area (Å²) in [7, 11) is 0. The van der Waals surface area contributed by atoms with Crippen LogP contribution in [0.2, 0.25) is 0 Å². The van der Waals surface area contributed by atoms with Crippen molar-refractivity contribution >= 4 is 11.8 Å². The van der Waals surface area contributed by atoms with E-state index in [4.69, 9.17) is 4.74 Å². The quantitative estimate of drug-likeness (QED) is 0.684. The highest BCUT2D eigenvalue weighted by Gasteiger charge is 2.29. The molecule has 14 heavy (non-hydrogen) atoms. The molecule has 0 aliphatic carbocycles. The van der Waals surface area contributed by atoms with Crippen LogP contribution < -0.4 is 4.90 Å². The molecule has 73 valence electrons. The maximum absolute atomic E-state index is 12.9. The third kappa shape index (κ3) is 1.55. The van der Waals surface area contributed by atoms with Crippen LogP contribution in [-0.2, 0) is 4.74 Å². The minimum absolute atomic E-state index is 0.363. The zero-order valence-corrected chi connectivity index (χ0v) is 7.44. The number of ether oxygens (including phenoxy) is 1. The molecule has 1 aliphatic heterocycles. The summed E-state index contributed by atoms with van der Waals surface area (Å²) in [5.74, 6) is -0.372. The Hall–Kier alpha value is -1.58. The molecule has 1 saturated heterocycles. The van der Waals surface area contributed by atoms with Gasteiger partial charge in [-0.05, 0) is 25.1 Å². The number of rotatable bonds is 1. The third-order valence-electron chi connectivity index (χ3n) is 1.99. The Morgan fingerprint density at radius 1 is 1.57 bits per heavy atom. The van der Waals surface area contributed by atoms with Crippen molar-refractivity contribution < 1.29 is 13.9 Å². The average Bonchev–Trinajstić information content (AvgIpc) is 2.45. The minimum Gasteiger partial charge on any atom is -0.444 e. The number of hydrogen-bond acceptors (Lipinski definition) is 2. The van der Waals surface area contributed by atoms with Crippen LogP contribution in [0.15, 0.2) is 24.3 Å². The van der Waals surface area contributed by atoms with Gasteiger partial charge in [-0.25, -0.2) is 9.18 Å². The molecule has 1 heterocycles. The summed E-state index contributed by atoms with van der Waals surface area (Å²) in [6, 6.07) is 5.82. The summed E-state index contributed by atoms with van der Waals surface area (Å²) in [5.41, 5.74) is 0.501. The van der Waals surface area contributed by atoms with Crippen LogP contribution in [0, 0.1) is 12.7 Å². The molecule has 1 aromatic rings. The fourth-order valence-corrected chi connectivity index (χ4v) is 1.38. The van der Waals surface area contributed by atoms with Crippen molar-refractivity contribution in [1.82, 2.24) is 0 Å². The normalized spacial score (nSPS) is 21.1. The Morgan fingerprint density at radius 2 is 2.36 bits per heavy atom. The summed E-state index contributed by atoms with van der Waals surface area (Å²) in [6.45, 7) is 3.97. The number of carbonyl (C=O) groups is 1. The van der Waals surface area contributed by atoms with Crippen molar-refractivity contribution in [3.05, 3.63) is 37.0 Å². The van der Waals surface area contributed by atoms with E-state index >= 15 is 0 Å². The van der Waals surface area contributed by atoms with E-state index in [1.54, 1.807) is 12.1 Å². The molecule has 3 nitrogen and oxygen atoms in total. The summed E-state index contributed by atoms with van der Waals surface area (Å²) in [6.07, 6.45) is -0.860. The maximum atomic E-state index is 12.9. The van der Waals surface area contributed by atoms with Crippen LogP contribution in [-0.4, -0.2) is 18.7 Å². The first-order chi connectivity index (χ1) is 6.66. The van der Waals surface area contributed by atoms with Crippen molar-refractivity contribution in [2.75, 3.05) is 11.4 Å². The zero-order valence-electron chi connectivity index (χ0n) is 7.44. The topological polar surface area (TPSA) is 29.5 Å². The molecule has 0 saturated carbocycles. The molecule has 1 aromatic carbocycles. The molecule has 1 unspecified atom stereocenters. The van der Waals surface area contributed by atoms with Gasteiger partial charge in [0.1, 0.15) is 11.9 Å². The molecule has 1 amide bonds. The second-order valence-corrected chi connectivity index (χ2v) is 3.10. The average molecular weight is 194 g/mol. The molecule has 1 atom stereocenters. The van der Waals surface area contributed by atoms with Gasteiger partial charge in [-0.15, -0.1) is 0 Å². The Balaban J connectivity index is 2.27. The number of benzene rings is 1. The van der Waals surface area contributed by atoms with Gasteiger partial charge in [0.25, 0.3) is 0 Å². The predicted molar refractivity (Wildman–Crippen MR) is 49.4 cm³/mol. The lowest BCUT2D eigenvalue weighted by Gasteiger charge is -2.11. The largest absolute Gasteiger partial charge is 0.444 e. The molecule has 0 spiro atoms. The van der Waals surface area contributed by atoms with Gasteiger partial charge in [0.15, 0.2) is 0 Å². The third-order valence-corrected chi connectivity index (χ3v) is 1.99. The molecule has 1 radical (unpaired) electrons. The van der Waals surface area contributed by atoms with Gasteiger partial charge >= 0.3 is 6.09 Å². The predicted octanol–water partition coefficient (Wildman–Crippen LogP) is 1.98. The van der Waals surface area contributed by atoms with Gasteiger partial charge in [0, 0.05) is 0 Å². The van der Waals surface area contributed by atoms with Gasteiger partial charge in [-0.2, -0.15) is 0 Å². The highest BCUT2D eigenvalue weighted by Crippen LogP contribution is 2.21. The Morgan fingerprint density at radius 3 is 2.93 bits per heavy atom. The Labute approximate surface area is 81.1 Å². The van der Waals surface area contributed by atoms with Crippen LogP contribution in [0.3, 0.4) is 0 Å². The molecule has 1 fully saturated rings. The van der Waals surface area contributed by atoms with E-state index < -0.39 is 6.09 Å². The van der Waals surface area contributed by atoms with E-state index in [-0.39, 0.29) is 11.9 Å². The lowest BCUT2D eigenvalue weighted by Crippen LogP contribution is -2.24. The first kappa shape index (κ1) is 8.99. The van der Waals surface area contributed by atoms with E-state index in [1.165, 1.54) is 17.0 Å². The SMILES string of the molecule is [CH2]C1CN(c2cccc(F)c2)C(=O)O1. The van der Waals surface area contributed by atoms with E-state index in [1.807, 2.05) is 0 Å². The Bertz CT molecular complexity index is 367. The van der Waals surface area contributed by atoms with Crippen molar-refractivity contribution in [3.63, 3.8) is 0 Å². The number of nitrogens with zero attached hydrogens (tertiary/aromatic N) is 1. The van der Waals surface area contributed by atoms with Crippen LogP contribution in [0.25, 0.3) is 0 Å². The fourth-order valence-electron chi connectivity index (χ4n) is 1.38. The standard InChI is InChI=1S/C10H9FNO2/c1-7-6-12(10(13)14-7)9-4-2-3-8(11)5-9/h2-5,7H,1,6H2. The lowest BCUT2D eigenvalue weighted by atomic mass is 10.3. The first-order valence-corrected chi connectivity index (χ1v) is 4.23. The summed E-state index contributed by atoms with van der Waals surface area (Å²) in [4.78, 5) is 12.6. The first-order valence-electron chi connectivity index (χ1n) is 4.23. The smallest absolute Gasteiger partial charge is 0.414 e. The molecular formula is C10H9FNO2. The molecular weight excluding hydrogens is 185 g/mol. The second-order valence-electron chi connectivity index (χ2n) is 3.10. The molecule has 0 aromatic heterocycles. The molecule has 0 bridgehead atoms. The number of carbonyl (C=O) groups excluding carboxylic acids is 1. The second kappa shape index (κ2) is 3.29. The molecule has 2 rings (SSSR count). The zero-order chi connectivity index (χ0) is 10.1. The van der Waals surface area contributed by atoms with Gasteiger partial charge in [-0.3, -0.25) is 4.90 Å². The van der Waals surface area contributed by atoms with Crippen molar-refractivity contribution in [2.45, 2.75) is 6.10 Å². The van der Waals surface area contributed by atoms with Crippen molar-refractivity contribution in [3.8, 4) is 0 Å². The van der Waals surface area contributed by atoms with Gasteiger partial charge in [0.2, 0.25) is 0 Å². The number of halogens is 1. The number of amides is 1. The van der Waals surface area contributed by atoms with Gasteiger partial charge in [0.05, 0.1) is 12.2 Å². The van der Waals surface area contributed by atoms with Crippen LogP contribution >= 0.6 is 0 Å². The van der Waals surface area contributed by atoms with Crippen LogP contribution in [0.1, 0.15) is 0 Å². The monoisotopic (exact) mass is 194 g/mol. The maximum Gasteiger partial charge on any atom is 0.414 e. The van der Waals surface area contributed by atoms with Crippen LogP contribution in [0.5, 0.6) is 0 Å². The summed E-state index contributed by atoms with van der Waals surface area (Å²) < 4.78 is 17.7. The highest BCUT2D eigenvalue weighted by atomic mass is 19.1. The summed E-state index contributed by atoms with van der Waals surface area (Å²) in [5, 5.41) is 0. The van der Waals surface area contributed by atoms with E-state index in [9.17, 15) is 9.18 Å². The lowest BCUT2D eigenvalue weighted by molar-refractivity contribution is 0.159. The molecule has 0 N–H and O–H groups in total. The van der Waals surface area contributed by atoms with E-state index in [0.717, 1.165) is 0 Å².